The van der Waals surface area contributed by atoms with Crippen LogP contribution in [-0.4, -0.2) is 22.5 Å². The van der Waals surface area contributed by atoms with Crippen LogP contribution >= 0.6 is 11.3 Å². The highest BCUT2D eigenvalue weighted by molar-refractivity contribution is 7.09. The van der Waals surface area contributed by atoms with Gasteiger partial charge >= 0.3 is 6.03 Å². The van der Waals surface area contributed by atoms with E-state index in [2.05, 4.69) is 22.4 Å². The van der Waals surface area contributed by atoms with Gasteiger partial charge in [-0.05, 0) is 18.9 Å². The van der Waals surface area contributed by atoms with E-state index in [1.165, 1.54) is 5.56 Å². The Morgan fingerprint density at radius 3 is 2.85 bits per heavy atom. The highest BCUT2D eigenvalue weighted by atomic mass is 32.1. The molecular formula is C15H17N3OS. The summed E-state index contributed by atoms with van der Waals surface area (Å²) in [5, 5.41) is 5.96. The summed E-state index contributed by atoms with van der Waals surface area (Å²) in [6.45, 7) is 3.29. The number of thiazole rings is 1. The summed E-state index contributed by atoms with van der Waals surface area (Å²) in [5.41, 5.74) is 2.14. The highest BCUT2D eigenvalue weighted by Crippen LogP contribution is 2.32. The van der Waals surface area contributed by atoms with Gasteiger partial charge in [-0.1, -0.05) is 30.3 Å². The van der Waals surface area contributed by atoms with E-state index in [1.807, 2.05) is 35.4 Å². The fourth-order valence-corrected chi connectivity index (χ4v) is 3.02. The SMILES string of the molecule is Cc1nc(CNC(=O)N2CC[C@H]2c2ccccc2)cs1. The lowest BCUT2D eigenvalue weighted by molar-refractivity contribution is 0.115. The molecule has 3 rings (SSSR count). The lowest BCUT2D eigenvalue weighted by Gasteiger charge is -2.41. The van der Waals surface area contributed by atoms with Crippen molar-refractivity contribution in [3.05, 3.63) is 52.0 Å². The molecule has 104 valence electrons. The van der Waals surface area contributed by atoms with E-state index in [1.54, 1.807) is 11.3 Å². The third kappa shape index (κ3) is 2.67. The van der Waals surface area contributed by atoms with Crippen LogP contribution < -0.4 is 5.32 Å². The maximum atomic E-state index is 12.2. The van der Waals surface area contributed by atoms with Crippen LogP contribution in [0.3, 0.4) is 0 Å². The first-order valence-electron chi connectivity index (χ1n) is 6.74. The molecule has 5 heteroatoms. The predicted molar refractivity (Wildman–Crippen MR) is 79.6 cm³/mol. The molecule has 1 aliphatic rings. The Morgan fingerprint density at radius 2 is 2.25 bits per heavy atom. The van der Waals surface area contributed by atoms with E-state index in [-0.39, 0.29) is 12.1 Å². The zero-order valence-electron chi connectivity index (χ0n) is 11.4. The molecule has 20 heavy (non-hydrogen) atoms. The lowest BCUT2D eigenvalue weighted by Crippen LogP contribution is -2.49. The minimum absolute atomic E-state index is 0.00393. The normalized spacial score (nSPS) is 17.6. The topological polar surface area (TPSA) is 45.2 Å². The molecule has 2 aromatic rings. The molecule has 0 radical (unpaired) electrons. The Morgan fingerprint density at radius 1 is 1.45 bits per heavy atom. The Hall–Kier alpha value is -1.88. The quantitative estimate of drug-likeness (QED) is 0.942. The highest BCUT2D eigenvalue weighted by Gasteiger charge is 2.32. The molecule has 1 saturated heterocycles. The fraction of sp³-hybridized carbons (Fsp3) is 0.333. The van der Waals surface area contributed by atoms with E-state index in [9.17, 15) is 4.79 Å². The number of aromatic nitrogens is 1. The molecule has 1 aromatic heterocycles. The predicted octanol–water partition coefficient (Wildman–Crippen LogP) is 3.11. The Kier molecular flexibility index (Phi) is 3.69. The minimum Gasteiger partial charge on any atom is -0.332 e. The summed E-state index contributed by atoms with van der Waals surface area (Å²) in [6.07, 6.45) is 1.03. The minimum atomic E-state index is -0.00393. The molecule has 0 saturated carbocycles. The van der Waals surface area contributed by atoms with Crippen molar-refractivity contribution in [3.8, 4) is 0 Å². The van der Waals surface area contributed by atoms with Gasteiger partial charge in [0.05, 0.1) is 23.3 Å². The van der Waals surface area contributed by atoms with Crippen LogP contribution in [0.5, 0.6) is 0 Å². The number of hydrogen-bond acceptors (Lipinski definition) is 3. The first-order valence-corrected chi connectivity index (χ1v) is 7.62. The third-order valence-electron chi connectivity index (χ3n) is 3.55. The maximum Gasteiger partial charge on any atom is 0.318 e. The molecule has 1 fully saturated rings. The van der Waals surface area contributed by atoms with Gasteiger partial charge in [-0.25, -0.2) is 9.78 Å². The lowest BCUT2D eigenvalue weighted by atomic mass is 9.95. The first-order chi connectivity index (χ1) is 9.74. The summed E-state index contributed by atoms with van der Waals surface area (Å²) in [5.74, 6) is 0. The average molecular weight is 287 g/mol. The smallest absolute Gasteiger partial charge is 0.318 e. The van der Waals surface area contributed by atoms with E-state index in [0.29, 0.717) is 6.54 Å². The molecule has 1 aliphatic heterocycles. The van der Waals surface area contributed by atoms with Crippen molar-refractivity contribution in [1.29, 1.82) is 0 Å². The van der Waals surface area contributed by atoms with Crippen LogP contribution in [0.25, 0.3) is 0 Å². The van der Waals surface area contributed by atoms with E-state index < -0.39 is 0 Å². The molecule has 4 nitrogen and oxygen atoms in total. The van der Waals surface area contributed by atoms with Crippen molar-refractivity contribution in [1.82, 2.24) is 15.2 Å². The second-order valence-corrected chi connectivity index (χ2v) is 5.99. The monoisotopic (exact) mass is 287 g/mol. The zero-order chi connectivity index (χ0) is 13.9. The number of benzene rings is 1. The van der Waals surface area contributed by atoms with Gasteiger partial charge in [0.25, 0.3) is 0 Å². The average Bonchev–Trinajstić information content (AvgIpc) is 2.82. The molecule has 0 bridgehead atoms. The molecule has 2 heterocycles. The number of nitrogens with one attached hydrogen (secondary N) is 1. The number of carbonyl (C=O) groups excluding carboxylic acids is 1. The van der Waals surface area contributed by atoms with Crippen LogP contribution in [0.4, 0.5) is 4.79 Å². The molecule has 1 aromatic carbocycles. The number of amides is 2. The fourth-order valence-electron chi connectivity index (χ4n) is 2.41. The molecule has 1 N–H and O–H groups in total. The number of likely N-dealkylation sites (tertiary alicyclic amines) is 1. The largest absolute Gasteiger partial charge is 0.332 e. The third-order valence-corrected chi connectivity index (χ3v) is 4.37. The molecule has 0 aliphatic carbocycles. The number of urea groups is 1. The first kappa shape index (κ1) is 13.1. The Balaban J connectivity index is 1.58. The van der Waals surface area contributed by atoms with Crippen molar-refractivity contribution >= 4 is 17.4 Å². The van der Waals surface area contributed by atoms with Gasteiger partial charge in [0, 0.05) is 11.9 Å². The zero-order valence-corrected chi connectivity index (χ0v) is 12.2. The van der Waals surface area contributed by atoms with E-state index in [4.69, 9.17) is 0 Å². The van der Waals surface area contributed by atoms with Gasteiger partial charge in [-0.2, -0.15) is 0 Å². The van der Waals surface area contributed by atoms with Gasteiger partial charge in [0.15, 0.2) is 0 Å². The van der Waals surface area contributed by atoms with Crippen molar-refractivity contribution < 1.29 is 4.79 Å². The maximum absolute atomic E-state index is 12.2. The second-order valence-electron chi connectivity index (χ2n) is 4.93. The van der Waals surface area contributed by atoms with Gasteiger partial charge < -0.3 is 10.2 Å². The Labute approximate surface area is 122 Å². The van der Waals surface area contributed by atoms with Crippen LogP contribution in [-0.2, 0) is 6.54 Å². The van der Waals surface area contributed by atoms with Crippen LogP contribution in [0.1, 0.15) is 28.7 Å². The van der Waals surface area contributed by atoms with Gasteiger partial charge in [0.2, 0.25) is 0 Å². The molecule has 1 atom stereocenters. The molecule has 2 amide bonds. The molecular weight excluding hydrogens is 270 g/mol. The van der Waals surface area contributed by atoms with Crippen molar-refractivity contribution in [2.24, 2.45) is 0 Å². The van der Waals surface area contributed by atoms with E-state index in [0.717, 1.165) is 23.7 Å². The van der Waals surface area contributed by atoms with Crippen molar-refractivity contribution in [2.75, 3.05) is 6.54 Å². The molecule has 0 unspecified atom stereocenters. The van der Waals surface area contributed by atoms with Crippen LogP contribution in [0.2, 0.25) is 0 Å². The van der Waals surface area contributed by atoms with Crippen molar-refractivity contribution in [2.45, 2.75) is 25.9 Å². The van der Waals surface area contributed by atoms with E-state index >= 15 is 0 Å². The standard InChI is InChI=1S/C15H17N3OS/c1-11-17-13(10-20-11)9-16-15(19)18-8-7-14(18)12-5-3-2-4-6-12/h2-6,10,14H,7-9H2,1H3,(H,16,19)/t14-/m0/s1. The van der Waals surface area contributed by atoms with Crippen LogP contribution in [0, 0.1) is 6.92 Å². The Bertz CT molecular complexity index is 596. The summed E-state index contributed by atoms with van der Waals surface area (Å²) in [6, 6.07) is 10.4. The summed E-state index contributed by atoms with van der Waals surface area (Å²) >= 11 is 1.61. The number of rotatable bonds is 3. The van der Waals surface area contributed by atoms with Crippen LogP contribution in [0.15, 0.2) is 35.7 Å². The van der Waals surface area contributed by atoms with Crippen molar-refractivity contribution in [3.63, 3.8) is 0 Å². The number of hydrogen-bond donors (Lipinski definition) is 1. The van der Waals surface area contributed by atoms with Gasteiger partial charge in [0.1, 0.15) is 0 Å². The number of carbonyl (C=O) groups is 1. The second kappa shape index (κ2) is 5.63. The number of aryl methyl sites for hydroxylation is 1. The summed E-state index contributed by atoms with van der Waals surface area (Å²) < 4.78 is 0. The number of nitrogens with zero attached hydrogens (tertiary/aromatic N) is 2. The van der Waals surface area contributed by atoms with Gasteiger partial charge in [-0.3, -0.25) is 0 Å². The van der Waals surface area contributed by atoms with Gasteiger partial charge in [-0.15, -0.1) is 11.3 Å². The summed E-state index contributed by atoms with van der Waals surface area (Å²) in [7, 11) is 0. The summed E-state index contributed by atoms with van der Waals surface area (Å²) in [4.78, 5) is 18.4. The molecule has 0 spiro atoms.